The quantitative estimate of drug-likeness (QED) is 0.477. The van der Waals surface area contributed by atoms with E-state index in [0.717, 1.165) is 42.3 Å². The minimum absolute atomic E-state index is 0.151. The van der Waals surface area contributed by atoms with Crippen molar-refractivity contribution in [2.75, 3.05) is 31.7 Å². The van der Waals surface area contributed by atoms with Crippen molar-refractivity contribution >= 4 is 44.9 Å². The van der Waals surface area contributed by atoms with Crippen molar-refractivity contribution < 1.29 is 9.59 Å². The molecule has 8 nitrogen and oxygen atoms in total. The molecule has 1 aliphatic heterocycles. The van der Waals surface area contributed by atoms with Gasteiger partial charge in [0.25, 0.3) is 0 Å². The first-order valence-corrected chi connectivity index (χ1v) is 14.0. The van der Waals surface area contributed by atoms with Gasteiger partial charge in [0.1, 0.15) is 5.82 Å². The van der Waals surface area contributed by atoms with Crippen LogP contribution < -0.4 is 11.1 Å². The maximum atomic E-state index is 13.4. The molecule has 1 unspecified atom stereocenters. The van der Waals surface area contributed by atoms with Crippen LogP contribution in [0, 0.1) is 5.92 Å². The summed E-state index contributed by atoms with van der Waals surface area (Å²) in [5, 5.41) is 3.94. The number of rotatable bonds is 5. The molecule has 0 bridgehead atoms. The highest BCUT2D eigenvalue weighted by Crippen LogP contribution is 2.43. The number of carbonyl (C=O) groups is 2. The second kappa shape index (κ2) is 10.4. The van der Waals surface area contributed by atoms with Crippen molar-refractivity contribution in [3.8, 4) is 0 Å². The molecule has 3 N–H and O–H groups in total. The number of nitrogens with zero attached hydrogens (tertiary/aromatic N) is 4. The number of piperidine rings is 1. The zero-order chi connectivity index (χ0) is 26.3. The van der Waals surface area contributed by atoms with Crippen LogP contribution in [0.1, 0.15) is 67.6 Å². The number of benzene rings is 1. The van der Waals surface area contributed by atoms with Gasteiger partial charge < -0.3 is 20.9 Å². The zero-order valence-electron chi connectivity index (χ0n) is 22.0. The van der Waals surface area contributed by atoms with Crippen LogP contribution in [0.4, 0.5) is 11.5 Å². The van der Waals surface area contributed by atoms with E-state index in [9.17, 15) is 9.59 Å². The van der Waals surface area contributed by atoms with Crippen LogP contribution in [0.25, 0.3) is 10.2 Å². The molecule has 1 saturated heterocycles. The Bertz CT molecular complexity index is 1320. The van der Waals surface area contributed by atoms with Gasteiger partial charge in [-0.25, -0.2) is 9.97 Å². The number of nitrogen functional groups attached to an aromatic ring is 1. The molecule has 2 aliphatic rings. The molecule has 3 heterocycles. The Balaban J connectivity index is 1.34. The molecule has 2 fully saturated rings. The Morgan fingerprint density at radius 2 is 2.00 bits per heavy atom. The van der Waals surface area contributed by atoms with Crippen LogP contribution in [0.2, 0.25) is 0 Å². The summed E-state index contributed by atoms with van der Waals surface area (Å²) in [4.78, 5) is 39.6. The fourth-order valence-electron chi connectivity index (χ4n) is 5.47. The highest BCUT2D eigenvalue weighted by Gasteiger charge is 2.36. The molecule has 1 aromatic carbocycles. The molecule has 2 aromatic heterocycles. The maximum absolute atomic E-state index is 13.4. The number of hydrogen-bond donors (Lipinski definition) is 2. The minimum atomic E-state index is -0.648. The number of fused-ring (bicyclic) bond motifs is 1. The molecular weight excluding hydrogens is 484 g/mol. The number of amides is 2. The fraction of sp³-hybridized carbons (Fsp3) is 0.500. The van der Waals surface area contributed by atoms with Crippen molar-refractivity contribution in [3.05, 3.63) is 46.6 Å². The van der Waals surface area contributed by atoms with E-state index in [2.05, 4.69) is 54.4 Å². The van der Waals surface area contributed by atoms with Gasteiger partial charge in [-0.15, -0.1) is 11.3 Å². The predicted octanol–water partition coefficient (Wildman–Crippen LogP) is 4.58. The smallest absolute Gasteiger partial charge is 0.313 e. The lowest BCUT2D eigenvalue weighted by atomic mass is 9.80. The van der Waals surface area contributed by atoms with Gasteiger partial charge >= 0.3 is 11.8 Å². The van der Waals surface area contributed by atoms with Crippen LogP contribution in [0.5, 0.6) is 0 Å². The summed E-state index contributed by atoms with van der Waals surface area (Å²) in [5.74, 6) is 0.129. The zero-order valence-corrected chi connectivity index (χ0v) is 22.8. The predicted molar refractivity (Wildman–Crippen MR) is 149 cm³/mol. The molecule has 3 aromatic rings. The molecule has 1 aliphatic carbocycles. The molecular formula is C28H36N6O2S. The van der Waals surface area contributed by atoms with Gasteiger partial charge in [-0.2, -0.15) is 0 Å². The van der Waals surface area contributed by atoms with Gasteiger partial charge in [0.05, 0.1) is 33.2 Å². The summed E-state index contributed by atoms with van der Waals surface area (Å²) in [6, 6.07) is 8.61. The molecule has 37 heavy (non-hydrogen) atoms. The topological polar surface area (TPSA) is 104 Å². The Labute approximate surface area is 222 Å². The average molecular weight is 521 g/mol. The van der Waals surface area contributed by atoms with Crippen molar-refractivity contribution in [1.29, 1.82) is 0 Å². The summed E-state index contributed by atoms with van der Waals surface area (Å²) in [5.41, 5.74) is 9.23. The Morgan fingerprint density at radius 3 is 2.73 bits per heavy atom. The SMILES string of the molecule is CCc1cc(NC(=O)C(=O)N2CC(C)CC[C@@H]2c2ccc3sc(C4CC(N(C)C)C4)nc3c2)cnc1N. The minimum Gasteiger partial charge on any atom is -0.383 e. The molecule has 9 heteroatoms. The standard InChI is InChI=1S/C28H36N6O2S/c1-5-17-10-20(14-30-25(17)29)31-26(35)28(36)34-15-16(2)6-8-23(34)18-7-9-24-22(13-18)32-27(37-24)19-11-21(12-19)33(3)4/h7,9-10,13-14,16,19,21,23H,5-6,8,11-12,15H2,1-4H3,(H2,29,30)(H,31,35)/t16?,19?,21?,23-/m1/s1. The van der Waals surface area contributed by atoms with E-state index in [-0.39, 0.29) is 6.04 Å². The summed E-state index contributed by atoms with van der Waals surface area (Å²) in [6.07, 6.45) is 6.32. The van der Waals surface area contributed by atoms with Gasteiger partial charge in [0.15, 0.2) is 0 Å². The van der Waals surface area contributed by atoms with Crippen molar-refractivity contribution in [3.63, 3.8) is 0 Å². The molecule has 2 atom stereocenters. The van der Waals surface area contributed by atoms with E-state index < -0.39 is 11.8 Å². The summed E-state index contributed by atoms with van der Waals surface area (Å²) < 4.78 is 1.18. The third-order valence-electron chi connectivity index (χ3n) is 7.92. The number of carbonyl (C=O) groups excluding carboxylic acids is 2. The monoisotopic (exact) mass is 520 g/mol. The highest BCUT2D eigenvalue weighted by atomic mass is 32.1. The summed E-state index contributed by atoms with van der Waals surface area (Å²) in [7, 11) is 4.28. The van der Waals surface area contributed by atoms with Gasteiger partial charge in [-0.1, -0.05) is 19.9 Å². The number of aromatic nitrogens is 2. The first-order valence-electron chi connectivity index (χ1n) is 13.2. The molecule has 1 saturated carbocycles. The van der Waals surface area contributed by atoms with E-state index in [1.165, 1.54) is 15.9 Å². The molecule has 2 amide bonds. The number of hydrogen-bond acceptors (Lipinski definition) is 7. The number of aryl methyl sites for hydroxylation is 1. The van der Waals surface area contributed by atoms with Gasteiger partial charge in [0, 0.05) is 18.5 Å². The first-order chi connectivity index (χ1) is 17.7. The summed E-state index contributed by atoms with van der Waals surface area (Å²) in [6.45, 7) is 4.64. The van der Waals surface area contributed by atoms with Crippen molar-refractivity contribution in [1.82, 2.24) is 19.8 Å². The van der Waals surface area contributed by atoms with Gasteiger partial charge in [-0.3, -0.25) is 9.59 Å². The van der Waals surface area contributed by atoms with Crippen LogP contribution >= 0.6 is 11.3 Å². The van der Waals surface area contributed by atoms with Crippen molar-refractivity contribution in [2.45, 2.75) is 64.0 Å². The van der Waals surface area contributed by atoms with E-state index >= 15 is 0 Å². The van der Waals surface area contributed by atoms with Crippen LogP contribution in [-0.4, -0.2) is 58.3 Å². The highest BCUT2D eigenvalue weighted by molar-refractivity contribution is 7.18. The lowest BCUT2D eigenvalue weighted by molar-refractivity contribution is -0.146. The number of nitrogens with two attached hydrogens (primary N) is 1. The lowest BCUT2D eigenvalue weighted by Gasteiger charge is -2.38. The largest absolute Gasteiger partial charge is 0.383 e. The van der Waals surface area contributed by atoms with Gasteiger partial charge in [0.2, 0.25) is 0 Å². The third kappa shape index (κ3) is 5.20. The Hall–Kier alpha value is -3.04. The molecule has 0 spiro atoms. The van der Waals surface area contributed by atoms with Crippen molar-refractivity contribution in [2.24, 2.45) is 5.92 Å². The number of likely N-dealkylation sites (tertiary alicyclic amines) is 1. The van der Waals surface area contributed by atoms with E-state index in [4.69, 9.17) is 10.7 Å². The average Bonchev–Trinajstić information content (AvgIpc) is 3.26. The van der Waals surface area contributed by atoms with E-state index in [1.54, 1.807) is 22.3 Å². The van der Waals surface area contributed by atoms with E-state index in [0.29, 0.717) is 42.3 Å². The van der Waals surface area contributed by atoms with Gasteiger partial charge in [-0.05, 0) is 81.4 Å². The van der Waals surface area contributed by atoms with Crippen LogP contribution in [0.15, 0.2) is 30.5 Å². The van der Waals surface area contributed by atoms with Crippen LogP contribution in [0.3, 0.4) is 0 Å². The number of anilines is 2. The van der Waals surface area contributed by atoms with E-state index in [1.807, 2.05) is 6.92 Å². The summed E-state index contributed by atoms with van der Waals surface area (Å²) >= 11 is 1.78. The number of pyridine rings is 1. The lowest BCUT2D eigenvalue weighted by Crippen LogP contribution is -2.46. The second-order valence-electron chi connectivity index (χ2n) is 10.8. The third-order valence-corrected chi connectivity index (χ3v) is 9.12. The molecule has 5 rings (SSSR count). The van der Waals surface area contributed by atoms with Crippen LogP contribution in [-0.2, 0) is 16.0 Å². The Kier molecular flexibility index (Phi) is 7.18. The normalized spacial score (nSPS) is 23.8. The number of thiazole rings is 1. The molecule has 0 radical (unpaired) electrons. The first kappa shape index (κ1) is 25.6. The molecule has 196 valence electrons. The Morgan fingerprint density at radius 1 is 1.22 bits per heavy atom. The second-order valence-corrected chi connectivity index (χ2v) is 11.9. The number of nitrogens with one attached hydrogen (secondary N) is 1. The fourth-order valence-corrected chi connectivity index (χ4v) is 6.54. The maximum Gasteiger partial charge on any atom is 0.313 e.